The van der Waals surface area contributed by atoms with E-state index in [4.69, 9.17) is 4.74 Å². The van der Waals surface area contributed by atoms with Crippen molar-refractivity contribution in [1.29, 1.82) is 0 Å². The minimum Gasteiger partial charge on any atom is -0.493 e. The second-order valence-electron chi connectivity index (χ2n) is 3.77. The molecule has 5 nitrogen and oxygen atoms in total. The molecule has 90 valence electrons. The van der Waals surface area contributed by atoms with E-state index in [2.05, 4.69) is 10.3 Å². The first kappa shape index (κ1) is 11.4. The van der Waals surface area contributed by atoms with E-state index >= 15 is 0 Å². The number of methoxy groups -OCH3 is 1. The molecule has 0 spiro atoms. The number of rotatable bonds is 4. The zero-order chi connectivity index (χ0) is 12.3. The van der Waals surface area contributed by atoms with Crippen LogP contribution in [0.4, 0.5) is 0 Å². The summed E-state index contributed by atoms with van der Waals surface area (Å²) in [4.78, 5) is 15.2. The van der Waals surface area contributed by atoms with Gasteiger partial charge in [-0.15, -0.1) is 0 Å². The Kier molecular flexibility index (Phi) is 3.27. The molecule has 0 saturated heterocycles. The van der Waals surface area contributed by atoms with Crippen molar-refractivity contribution in [2.75, 3.05) is 13.7 Å². The largest absolute Gasteiger partial charge is 0.493 e. The van der Waals surface area contributed by atoms with Crippen molar-refractivity contribution in [3.05, 3.63) is 30.2 Å². The minimum atomic E-state index is -0.0219. The van der Waals surface area contributed by atoms with Crippen molar-refractivity contribution < 1.29 is 9.53 Å². The Morgan fingerprint density at radius 2 is 2.41 bits per heavy atom. The summed E-state index contributed by atoms with van der Waals surface area (Å²) in [5.74, 6) is 0.727. The lowest BCUT2D eigenvalue weighted by Crippen LogP contribution is -2.22. The number of nitrogens with one attached hydrogen (secondary N) is 1. The predicted octanol–water partition coefficient (Wildman–Crippen LogP) is 1.02. The van der Waals surface area contributed by atoms with E-state index in [1.54, 1.807) is 7.11 Å². The molecule has 5 heteroatoms. The molecule has 0 aliphatic heterocycles. The van der Waals surface area contributed by atoms with Gasteiger partial charge in [0.25, 0.3) is 0 Å². The summed E-state index contributed by atoms with van der Waals surface area (Å²) in [5.41, 5.74) is 1.73. The van der Waals surface area contributed by atoms with Crippen LogP contribution in [-0.2, 0) is 11.2 Å². The number of carbonyl (C=O) groups is 1. The second-order valence-corrected chi connectivity index (χ2v) is 3.77. The van der Waals surface area contributed by atoms with Crippen LogP contribution in [-0.4, -0.2) is 28.9 Å². The molecule has 2 aromatic heterocycles. The minimum absolute atomic E-state index is 0.0219. The average molecular weight is 233 g/mol. The van der Waals surface area contributed by atoms with Crippen molar-refractivity contribution in [1.82, 2.24) is 14.7 Å². The molecule has 0 aromatic carbocycles. The molecule has 1 amide bonds. The molecule has 2 heterocycles. The first-order valence-electron chi connectivity index (χ1n) is 5.45. The number of carbonyl (C=O) groups excluding carboxylic acids is 1. The normalized spacial score (nSPS) is 10.5. The topological polar surface area (TPSA) is 55.6 Å². The zero-order valence-corrected chi connectivity index (χ0v) is 9.93. The number of pyridine rings is 1. The zero-order valence-electron chi connectivity index (χ0n) is 9.93. The maximum absolute atomic E-state index is 10.7. The fraction of sp³-hybridized carbons (Fsp3) is 0.333. The van der Waals surface area contributed by atoms with Gasteiger partial charge in [0.2, 0.25) is 5.91 Å². The van der Waals surface area contributed by atoms with E-state index in [1.807, 2.05) is 28.9 Å². The Labute approximate surface area is 99.4 Å². The number of fused-ring (bicyclic) bond motifs is 1. The Morgan fingerprint density at radius 1 is 1.59 bits per heavy atom. The molecule has 0 aliphatic rings. The number of hydrogen-bond donors (Lipinski definition) is 1. The molecule has 0 aliphatic carbocycles. The van der Waals surface area contributed by atoms with Crippen molar-refractivity contribution in [2.45, 2.75) is 13.3 Å². The van der Waals surface area contributed by atoms with Gasteiger partial charge in [0, 0.05) is 32.3 Å². The fourth-order valence-corrected chi connectivity index (χ4v) is 1.68. The standard InChI is InChI=1S/C12H15N3O2/c1-9(16)13-6-5-10-8-15-7-3-4-11(17-2)12(15)14-10/h3-4,7-8H,5-6H2,1-2H3,(H,13,16). The van der Waals surface area contributed by atoms with Crippen LogP contribution in [0.15, 0.2) is 24.5 Å². The summed E-state index contributed by atoms with van der Waals surface area (Å²) in [6, 6.07) is 3.78. The molecule has 0 bridgehead atoms. The first-order chi connectivity index (χ1) is 8.20. The van der Waals surface area contributed by atoms with E-state index in [0.717, 1.165) is 17.1 Å². The summed E-state index contributed by atoms with van der Waals surface area (Å²) in [6.07, 6.45) is 4.58. The highest BCUT2D eigenvalue weighted by atomic mass is 16.5. The van der Waals surface area contributed by atoms with Crippen LogP contribution in [0.2, 0.25) is 0 Å². The summed E-state index contributed by atoms with van der Waals surface area (Å²) in [5, 5.41) is 2.75. The van der Waals surface area contributed by atoms with Crippen molar-refractivity contribution >= 4 is 11.6 Å². The van der Waals surface area contributed by atoms with E-state index in [0.29, 0.717) is 13.0 Å². The van der Waals surface area contributed by atoms with Gasteiger partial charge in [-0.05, 0) is 12.1 Å². The average Bonchev–Trinajstić information content (AvgIpc) is 2.70. The van der Waals surface area contributed by atoms with Gasteiger partial charge >= 0.3 is 0 Å². The van der Waals surface area contributed by atoms with Crippen molar-refractivity contribution in [3.63, 3.8) is 0 Å². The summed E-state index contributed by atoms with van der Waals surface area (Å²) >= 11 is 0. The van der Waals surface area contributed by atoms with Gasteiger partial charge in [-0.2, -0.15) is 0 Å². The van der Waals surface area contributed by atoms with Gasteiger partial charge in [0.15, 0.2) is 11.4 Å². The Balaban J connectivity index is 2.17. The molecule has 2 aromatic rings. The summed E-state index contributed by atoms with van der Waals surface area (Å²) in [7, 11) is 1.63. The van der Waals surface area contributed by atoms with Crippen molar-refractivity contribution in [2.24, 2.45) is 0 Å². The van der Waals surface area contributed by atoms with Crippen LogP contribution in [0.1, 0.15) is 12.6 Å². The van der Waals surface area contributed by atoms with Crippen LogP contribution in [0, 0.1) is 0 Å². The third kappa shape index (κ3) is 2.55. The molecule has 0 unspecified atom stereocenters. The van der Waals surface area contributed by atoms with E-state index in [1.165, 1.54) is 6.92 Å². The molecular formula is C12H15N3O2. The number of nitrogens with zero attached hydrogens (tertiary/aromatic N) is 2. The lowest BCUT2D eigenvalue weighted by atomic mass is 10.3. The van der Waals surface area contributed by atoms with Crippen molar-refractivity contribution in [3.8, 4) is 5.75 Å². The number of aromatic nitrogens is 2. The first-order valence-corrected chi connectivity index (χ1v) is 5.45. The van der Waals surface area contributed by atoms with Crippen LogP contribution in [0.5, 0.6) is 5.75 Å². The van der Waals surface area contributed by atoms with Gasteiger partial charge in [0.1, 0.15) is 0 Å². The third-order valence-electron chi connectivity index (χ3n) is 2.47. The third-order valence-corrected chi connectivity index (χ3v) is 2.47. The Morgan fingerprint density at radius 3 is 3.12 bits per heavy atom. The number of ether oxygens (including phenoxy) is 1. The SMILES string of the molecule is COc1cccn2cc(CCNC(C)=O)nc12. The molecule has 0 atom stereocenters. The van der Waals surface area contributed by atoms with Crippen LogP contribution in [0.25, 0.3) is 5.65 Å². The summed E-state index contributed by atoms with van der Waals surface area (Å²) in [6.45, 7) is 2.11. The van der Waals surface area contributed by atoms with E-state index in [-0.39, 0.29) is 5.91 Å². The number of amides is 1. The molecule has 0 saturated carbocycles. The van der Waals surface area contributed by atoms with Crippen LogP contribution in [0.3, 0.4) is 0 Å². The monoisotopic (exact) mass is 233 g/mol. The quantitative estimate of drug-likeness (QED) is 0.857. The maximum atomic E-state index is 10.7. The molecule has 2 rings (SSSR count). The highest BCUT2D eigenvalue weighted by Crippen LogP contribution is 2.18. The number of hydrogen-bond acceptors (Lipinski definition) is 3. The maximum Gasteiger partial charge on any atom is 0.216 e. The highest BCUT2D eigenvalue weighted by Gasteiger charge is 2.06. The molecular weight excluding hydrogens is 218 g/mol. The van der Waals surface area contributed by atoms with Gasteiger partial charge in [-0.25, -0.2) is 4.98 Å². The lowest BCUT2D eigenvalue weighted by molar-refractivity contribution is -0.118. The molecule has 0 radical (unpaired) electrons. The van der Waals surface area contributed by atoms with Gasteiger partial charge in [-0.1, -0.05) is 0 Å². The molecule has 17 heavy (non-hydrogen) atoms. The van der Waals surface area contributed by atoms with Gasteiger partial charge in [0.05, 0.1) is 12.8 Å². The van der Waals surface area contributed by atoms with E-state index < -0.39 is 0 Å². The molecule has 1 N–H and O–H groups in total. The lowest BCUT2D eigenvalue weighted by Gasteiger charge is -1.99. The van der Waals surface area contributed by atoms with E-state index in [9.17, 15) is 4.79 Å². The smallest absolute Gasteiger partial charge is 0.216 e. The Hall–Kier alpha value is -2.04. The number of imidazole rings is 1. The van der Waals surface area contributed by atoms with Gasteiger partial charge < -0.3 is 14.5 Å². The summed E-state index contributed by atoms with van der Waals surface area (Å²) < 4.78 is 7.15. The van der Waals surface area contributed by atoms with Crippen LogP contribution < -0.4 is 10.1 Å². The second kappa shape index (κ2) is 4.86. The van der Waals surface area contributed by atoms with Gasteiger partial charge in [-0.3, -0.25) is 4.79 Å². The fourth-order valence-electron chi connectivity index (χ4n) is 1.68. The van der Waals surface area contributed by atoms with Crippen LogP contribution >= 0.6 is 0 Å². The predicted molar refractivity (Wildman–Crippen MR) is 64.1 cm³/mol. The highest BCUT2D eigenvalue weighted by molar-refractivity contribution is 5.72. The Bertz CT molecular complexity index is 534. The molecule has 0 fully saturated rings.